The molecule has 1 aromatic heterocycles. The number of aromatic nitrogens is 1. The highest BCUT2D eigenvalue weighted by atomic mass is 35.5. The molecule has 28 heavy (non-hydrogen) atoms. The van der Waals surface area contributed by atoms with Gasteiger partial charge in [0.15, 0.2) is 12.4 Å². The predicted molar refractivity (Wildman–Crippen MR) is 107 cm³/mol. The number of esters is 1. The molecule has 3 rings (SSSR count). The highest BCUT2D eigenvalue weighted by molar-refractivity contribution is 8.00. The number of ether oxygens (including phenoxy) is 1. The molecule has 1 saturated heterocycles. The van der Waals surface area contributed by atoms with Gasteiger partial charge < -0.3 is 9.64 Å². The van der Waals surface area contributed by atoms with Crippen LogP contribution in [0.3, 0.4) is 0 Å². The number of benzene rings is 1. The Bertz CT molecular complexity index is 867. The number of nitrogens with zero attached hydrogens (tertiary/aromatic N) is 2. The van der Waals surface area contributed by atoms with Crippen LogP contribution in [0.2, 0.25) is 5.02 Å². The van der Waals surface area contributed by atoms with Crippen LogP contribution in [0.15, 0.2) is 47.6 Å². The molecule has 8 heteroatoms. The van der Waals surface area contributed by atoms with Crippen LogP contribution in [0.5, 0.6) is 0 Å². The second-order valence-electron chi connectivity index (χ2n) is 6.24. The van der Waals surface area contributed by atoms with Crippen LogP contribution in [-0.4, -0.2) is 53.0 Å². The molecule has 146 valence electrons. The molecule has 1 fully saturated rings. The van der Waals surface area contributed by atoms with Gasteiger partial charge in [0.1, 0.15) is 5.03 Å². The van der Waals surface area contributed by atoms with Crippen molar-refractivity contribution in [3.63, 3.8) is 0 Å². The molecule has 1 amide bonds. The average molecular weight is 419 g/mol. The van der Waals surface area contributed by atoms with E-state index in [0.717, 1.165) is 25.9 Å². The number of pyridine rings is 1. The SMILES string of the molecule is O=C(COC(=O)c1cccnc1SCC(=O)N1CCCC1)c1ccc(Cl)cc1. The van der Waals surface area contributed by atoms with E-state index in [1.54, 1.807) is 42.6 Å². The Morgan fingerprint density at radius 3 is 2.54 bits per heavy atom. The maximum Gasteiger partial charge on any atom is 0.341 e. The van der Waals surface area contributed by atoms with Gasteiger partial charge in [-0.3, -0.25) is 9.59 Å². The fraction of sp³-hybridized carbons (Fsp3) is 0.300. The number of carbonyl (C=O) groups excluding carboxylic acids is 3. The molecule has 0 atom stereocenters. The van der Waals surface area contributed by atoms with E-state index in [9.17, 15) is 14.4 Å². The van der Waals surface area contributed by atoms with Crippen LogP contribution in [0.4, 0.5) is 0 Å². The largest absolute Gasteiger partial charge is 0.454 e. The minimum Gasteiger partial charge on any atom is -0.454 e. The lowest BCUT2D eigenvalue weighted by Crippen LogP contribution is -2.29. The van der Waals surface area contributed by atoms with Crippen LogP contribution in [-0.2, 0) is 9.53 Å². The zero-order chi connectivity index (χ0) is 19.9. The van der Waals surface area contributed by atoms with E-state index < -0.39 is 5.97 Å². The highest BCUT2D eigenvalue weighted by Gasteiger charge is 2.21. The summed E-state index contributed by atoms with van der Waals surface area (Å²) in [6.07, 6.45) is 3.61. The number of hydrogen-bond donors (Lipinski definition) is 0. The molecule has 1 aromatic carbocycles. The third-order valence-electron chi connectivity index (χ3n) is 4.28. The molecule has 0 aliphatic carbocycles. The molecule has 0 bridgehead atoms. The number of likely N-dealkylation sites (tertiary alicyclic amines) is 1. The molecule has 6 nitrogen and oxygen atoms in total. The van der Waals surface area contributed by atoms with Crippen molar-refractivity contribution in [1.29, 1.82) is 0 Å². The molecular weight excluding hydrogens is 400 g/mol. The van der Waals surface area contributed by atoms with E-state index >= 15 is 0 Å². The summed E-state index contributed by atoms with van der Waals surface area (Å²) in [5, 5.41) is 0.938. The van der Waals surface area contributed by atoms with Crippen LogP contribution >= 0.6 is 23.4 Å². The summed E-state index contributed by atoms with van der Waals surface area (Å²) >= 11 is 7.00. The van der Waals surface area contributed by atoms with Gasteiger partial charge in [-0.1, -0.05) is 23.4 Å². The van der Waals surface area contributed by atoms with Gasteiger partial charge >= 0.3 is 5.97 Å². The van der Waals surface area contributed by atoms with E-state index in [0.29, 0.717) is 15.6 Å². The smallest absolute Gasteiger partial charge is 0.341 e. The topological polar surface area (TPSA) is 76.6 Å². The Morgan fingerprint density at radius 1 is 1.11 bits per heavy atom. The Balaban J connectivity index is 1.58. The Morgan fingerprint density at radius 2 is 1.82 bits per heavy atom. The van der Waals surface area contributed by atoms with Crippen molar-refractivity contribution in [2.75, 3.05) is 25.4 Å². The zero-order valence-corrected chi connectivity index (χ0v) is 16.7. The number of Topliss-reactive ketones (excluding diaryl/α,β-unsaturated/α-hetero) is 1. The standard InChI is InChI=1S/C20H19ClN2O4S/c21-15-7-5-14(6-8-15)17(24)12-27-20(26)16-4-3-9-22-19(16)28-13-18(25)23-10-1-2-11-23/h3-9H,1-2,10-13H2. The van der Waals surface area contributed by atoms with Crippen molar-refractivity contribution in [1.82, 2.24) is 9.88 Å². The zero-order valence-electron chi connectivity index (χ0n) is 15.1. The first kappa shape index (κ1) is 20.4. The lowest BCUT2D eigenvalue weighted by Gasteiger charge is -2.15. The van der Waals surface area contributed by atoms with E-state index in [2.05, 4.69) is 4.98 Å². The minimum absolute atomic E-state index is 0.0328. The first-order chi connectivity index (χ1) is 13.5. The lowest BCUT2D eigenvalue weighted by molar-refractivity contribution is -0.127. The van der Waals surface area contributed by atoms with Crippen LogP contribution in [0.1, 0.15) is 33.6 Å². The maximum absolute atomic E-state index is 12.4. The van der Waals surface area contributed by atoms with Gasteiger partial charge in [0.2, 0.25) is 5.91 Å². The molecule has 0 N–H and O–H groups in total. The summed E-state index contributed by atoms with van der Waals surface area (Å²) in [5.74, 6) is -0.731. The van der Waals surface area contributed by atoms with Crippen LogP contribution in [0, 0.1) is 0 Å². The molecule has 1 aliphatic heterocycles. The van der Waals surface area contributed by atoms with Gasteiger partial charge in [0.25, 0.3) is 0 Å². The third kappa shape index (κ3) is 5.33. The maximum atomic E-state index is 12.4. The second-order valence-corrected chi connectivity index (χ2v) is 7.64. The van der Waals surface area contributed by atoms with E-state index in [4.69, 9.17) is 16.3 Å². The molecule has 0 saturated carbocycles. The number of hydrogen-bond acceptors (Lipinski definition) is 6. The van der Waals surface area contributed by atoms with Crippen molar-refractivity contribution < 1.29 is 19.1 Å². The van der Waals surface area contributed by atoms with Gasteiger partial charge in [0, 0.05) is 29.9 Å². The number of amides is 1. The van der Waals surface area contributed by atoms with Crippen molar-refractivity contribution >= 4 is 41.0 Å². The average Bonchev–Trinajstić information content (AvgIpc) is 3.26. The summed E-state index contributed by atoms with van der Waals surface area (Å²) in [4.78, 5) is 42.8. The number of thioether (sulfide) groups is 1. The Labute approximate surface area is 172 Å². The second kappa shape index (κ2) is 9.71. The molecule has 0 unspecified atom stereocenters. The van der Waals surface area contributed by atoms with Crippen molar-refractivity contribution in [3.8, 4) is 0 Å². The molecular formula is C20H19ClN2O4S. The summed E-state index contributed by atoms with van der Waals surface area (Å²) < 4.78 is 5.15. The predicted octanol–water partition coefficient (Wildman–Crippen LogP) is 3.49. The minimum atomic E-state index is -0.647. The Kier molecular flexibility index (Phi) is 7.06. The fourth-order valence-corrected chi connectivity index (χ4v) is 3.79. The number of halogens is 1. The molecule has 1 aliphatic rings. The van der Waals surface area contributed by atoms with Crippen LogP contribution in [0.25, 0.3) is 0 Å². The van der Waals surface area contributed by atoms with Crippen LogP contribution < -0.4 is 0 Å². The van der Waals surface area contributed by atoms with Gasteiger partial charge in [-0.05, 0) is 49.2 Å². The van der Waals surface area contributed by atoms with E-state index in [1.807, 2.05) is 4.90 Å². The molecule has 2 aromatic rings. The molecule has 0 spiro atoms. The van der Waals surface area contributed by atoms with E-state index in [1.165, 1.54) is 11.8 Å². The monoisotopic (exact) mass is 418 g/mol. The third-order valence-corrected chi connectivity index (χ3v) is 5.52. The molecule has 2 heterocycles. The van der Waals surface area contributed by atoms with Gasteiger partial charge in [0.05, 0.1) is 11.3 Å². The summed E-state index contributed by atoms with van der Waals surface area (Å²) in [6, 6.07) is 9.55. The fourth-order valence-electron chi connectivity index (χ4n) is 2.78. The molecule has 0 radical (unpaired) electrons. The van der Waals surface area contributed by atoms with Gasteiger partial charge in [-0.2, -0.15) is 0 Å². The normalized spacial score (nSPS) is 13.4. The highest BCUT2D eigenvalue weighted by Crippen LogP contribution is 2.22. The lowest BCUT2D eigenvalue weighted by atomic mass is 10.1. The van der Waals surface area contributed by atoms with Crippen molar-refractivity contribution in [3.05, 3.63) is 58.7 Å². The Hall–Kier alpha value is -2.38. The first-order valence-corrected chi connectivity index (χ1v) is 10.2. The van der Waals surface area contributed by atoms with Crippen molar-refractivity contribution in [2.24, 2.45) is 0 Å². The number of carbonyl (C=O) groups is 3. The number of ketones is 1. The van der Waals surface area contributed by atoms with E-state index in [-0.39, 0.29) is 29.6 Å². The van der Waals surface area contributed by atoms with Crippen molar-refractivity contribution in [2.45, 2.75) is 17.9 Å². The van der Waals surface area contributed by atoms with Gasteiger partial charge in [-0.15, -0.1) is 0 Å². The summed E-state index contributed by atoms with van der Waals surface area (Å²) in [6.45, 7) is 1.18. The number of rotatable bonds is 7. The summed E-state index contributed by atoms with van der Waals surface area (Å²) in [7, 11) is 0. The summed E-state index contributed by atoms with van der Waals surface area (Å²) in [5.41, 5.74) is 0.653. The quantitative estimate of drug-likeness (QED) is 0.389. The van der Waals surface area contributed by atoms with Gasteiger partial charge in [-0.25, -0.2) is 9.78 Å². The first-order valence-electron chi connectivity index (χ1n) is 8.86.